The fraction of sp³-hybridized carbons (Fsp3) is 0.583. The molecule has 1 aromatic heterocycles. The van der Waals surface area contributed by atoms with Gasteiger partial charge in [0, 0.05) is 6.54 Å². The number of amides is 1. The molecule has 1 saturated heterocycles. The van der Waals surface area contributed by atoms with Crippen LogP contribution in [0.3, 0.4) is 0 Å². The Balaban J connectivity index is 2.24. The second-order valence-electron chi connectivity index (χ2n) is 4.91. The fourth-order valence-electron chi connectivity index (χ4n) is 2.24. The highest BCUT2D eigenvalue weighted by molar-refractivity contribution is 7.07. The summed E-state index contributed by atoms with van der Waals surface area (Å²) in [6.07, 6.45) is -3.37. The number of hydrogen-bond donors (Lipinski definition) is 1. The molecule has 1 aliphatic rings. The number of nitrogens with zero attached hydrogens (tertiary/aromatic N) is 1. The van der Waals surface area contributed by atoms with E-state index in [0.717, 1.165) is 12.5 Å². The molecule has 2 unspecified atom stereocenters. The molecule has 1 aliphatic heterocycles. The van der Waals surface area contributed by atoms with Crippen molar-refractivity contribution in [2.75, 3.05) is 6.54 Å². The first-order valence-corrected chi connectivity index (χ1v) is 6.88. The van der Waals surface area contributed by atoms with Crippen molar-refractivity contribution in [3.8, 4) is 0 Å². The zero-order valence-electron chi connectivity index (χ0n) is 10.4. The van der Waals surface area contributed by atoms with Gasteiger partial charge in [-0.1, -0.05) is 0 Å². The zero-order valence-corrected chi connectivity index (χ0v) is 11.2. The van der Waals surface area contributed by atoms with E-state index < -0.39 is 17.6 Å². The zero-order chi connectivity index (χ0) is 14.3. The van der Waals surface area contributed by atoms with Crippen molar-refractivity contribution in [2.45, 2.75) is 37.5 Å². The Labute approximate surface area is 113 Å². The fourth-order valence-corrected chi connectivity index (χ4v) is 2.95. The number of carbonyl (C=O) groups excluding carboxylic acids is 1. The molecule has 1 amide bonds. The van der Waals surface area contributed by atoms with Crippen LogP contribution in [0.2, 0.25) is 0 Å². The van der Waals surface area contributed by atoms with Crippen LogP contribution in [0, 0.1) is 0 Å². The Kier molecular flexibility index (Phi) is 3.61. The summed E-state index contributed by atoms with van der Waals surface area (Å²) in [7, 11) is 0. The Bertz CT molecular complexity index is 456. The summed E-state index contributed by atoms with van der Waals surface area (Å²) in [6.45, 7) is 1.06. The molecule has 1 fully saturated rings. The van der Waals surface area contributed by atoms with Crippen LogP contribution in [-0.2, 0) is 4.79 Å². The van der Waals surface area contributed by atoms with E-state index in [1.54, 1.807) is 0 Å². The molecule has 2 rings (SSSR count). The Morgan fingerprint density at radius 2 is 2.21 bits per heavy atom. The van der Waals surface area contributed by atoms with Crippen LogP contribution in [0.25, 0.3) is 0 Å². The molecule has 2 N–H and O–H groups in total. The second-order valence-corrected chi connectivity index (χ2v) is 5.69. The van der Waals surface area contributed by atoms with Crippen LogP contribution in [0.15, 0.2) is 16.8 Å². The van der Waals surface area contributed by atoms with Crippen molar-refractivity contribution in [1.29, 1.82) is 0 Å². The molecular weight excluding hydrogens is 277 g/mol. The minimum absolute atomic E-state index is 0.288. The van der Waals surface area contributed by atoms with E-state index in [0.29, 0.717) is 19.4 Å². The number of hydrogen-bond acceptors (Lipinski definition) is 3. The SMILES string of the molecule is CC(N)(C(=O)N1CCCC1c1ccsc1)C(F)(F)F. The first-order valence-electron chi connectivity index (χ1n) is 5.94. The summed E-state index contributed by atoms with van der Waals surface area (Å²) >= 11 is 1.46. The van der Waals surface area contributed by atoms with Crippen LogP contribution in [0.5, 0.6) is 0 Å². The van der Waals surface area contributed by atoms with Gasteiger partial charge in [-0.05, 0) is 42.2 Å². The smallest absolute Gasteiger partial charge is 0.334 e. The molecule has 0 aromatic carbocycles. The van der Waals surface area contributed by atoms with E-state index in [1.807, 2.05) is 16.8 Å². The lowest BCUT2D eigenvalue weighted by molar-refractivity contribution is -0.194. The normalized spacial score (nSPS) is 23.4. The Hall–Kier alpha value is -1.08. The van der Waals surface area contributed by atoms with Crippen molar-refractivity contribution in [3.05, 3.63) is 22.4 Å². The molecule has 7 heteroatoms. The van der Waals surface area contributed by atoms with Gasteiger partial charge in [0.25, 0.3) is 5.91 Å². The van der Waals surface area contributed by atoms with Gasteiger partial charge < -0.3 is 10.6 Å². The lowest BCUT2D eigenvalue weighted by Gasteiger charge is -2.33. The van der Waals surface area contributed by atoms with Gasteiger partial charge in [0.15, 0.2) is 5.54 Å². The summed E-state index contributed by atoms with van der Waals surface area (Å²) in [6, 6.07) is 1.55. The highest BCUT2D eigenvalue weighted by atomic mass is 32.1. The van der Waals surface area contributed by atoms with E-state index in [-0.39, 0.29) is 6.04 Å². The van der Waals surface area contributed by atoms with Gasteiger partial charge in [-0.2, -0.15) is 24.5 Å². The van der Waals surface area contributed by atoms with Crippen LogP contribution in [0.4, 0.5) is 13.2 Å². The number of nitrogens with two attached hydrogens (primary N) is 1. The van der Waals surface area contributed by atoms with E-state index in [2.05, 4.69) is 0 Å². The van der Waals surface area contributed by atoms with Gasteiger partial charge in [0.1, 0.15) is 0 Å². The third-order valence-electron chi connectivity index (χ3n) is 3.47. The average Bonchev–Trinajstić information content (AvgIpc) is 2.96. The molecule has 0 radical (unpaired) electrons. The van der Waals surface area contributed by atoms with Gasteiger partial charge in [0.05, 0.1) is 6.04 Å². The Morgan fingerprint density at radius 1 is 1.53 bits per heavy atom. The average molecular weight is 292 g/mol. The molecular formula is C12H15F3N2OS. The maximum Gasteiger partial charge on any atom is 0.415 e. The number of thiophene rings is 1. The van der Waals surface area contributed by atoms with Crippen molar-refractivity contribution < 1.29 is 18.0 Å². The Morgan fingerprint density at radius 3 is 2.74 bits per heavy atom. The number of alkyl halides is 3. The van der Waals surface area contributed by atoms with Crippen molar-refractivity contribution >= 4 is 17.2 Å². The predicted octanol–water partition coefficient (Wildman–Crippen LogP) is 2.69. The van der Waals surface area contributed by atoms with Crippen molar-refractivity contribution in [2.24, 2.45) is 5.73 Å². The van der Waals surface area contributed by atoms with Crippen LogP contribution >= 0.6 is 11.3 Å². The summed E-state index contributed by atoms with van der Waals surface area (Å²) in [4.78, 5) is 13.4. The lowest BCUT2D eigenvalue weighted by atomic mass is 9.99. The van der Waals surface area contributed by atoms with E-state index in [1.165, 1.54) is 16.2 Å². The highest BCUT2D eigenvalue weighted by Gasteiger charge is 2.56. The standard InChI is InChI=1S/C12H15F3N2OS/c1-11(16,12(13,14)15)10(18)17-5-2-3-9(17)8-4-6-19-7-8/h4,6-7,9H,2-3,5,16H2,1H3. The summed E-state index contributed by atoms with van der Waals surface area (Å²) in [5.41, 5.74) is 3.27. The molecule has 0 aliphatic carbocycles. The first-order chi connectivity index (χ1) is 8.75. The third-order valence-corrected chi connectivity index (χ3v) is 4.18. The molecule has 3 nitrogen and oxygen atoms in total. The van der Waals surface area contributed by atoms with E-state index in [4.69, 9.17) is 5.73 Å². The molecule has 19 heavy (non-hydrogen) atoms. The number of rotatable bonds is 2. The largest absolute Gasteiger partial charge is 0.415 e. The molecule has 0 spiro atoms. The molecule has 2 heterocycles. The van der Waals surface area contributed by atoms with Crippen LogP contribution in [0.1, 0.15) is 31.4 Å². The predicted molar refractivity (Wildman–Crippen MR) is 66.7 cm³/mol. The number of carbonyl (C=O) groups is 1. The molecule has 2 atom stereocenters. The summed E-state index contributed by atoms with van der Waals surface area (Å²) in [5, 5.41) is 3.71. The van der Waals surface area contributed by atoms with E-state index in [9.17, 15) is 18.0 Å². The molecule has 0 saturated carbocycles. The molecule has 106 valence electrons. The second kappa shape index (κ2) is 4.79. The van der Waals surface area contributed by atoms with Gasteiger partial charge in [-0.25, -0.2) is 0 Å². The third kappa shape index (κ3) is 2.49. The first kappa shape index (κ1) is 14.3. The van der Waals surface area contributed by atoms with Crippen molar-refractivity contribution in [3.63, 3.8) is 0 Å². The van der Waals surface area contributed by atoms with Gasteiger partial charge in [-0.3, -0.25) is 4.79 Å². The topological polar surface area (TPSA) is 46.3 Å². The maximum absolute atomic E-state index is 12.8. The quantitative estimate of drug-likeness (QED) is 0.911. The van der Waals surface area contributed by atoms with Crippen LogP contribution in [-0.4, -0.2) is 29.1 Å². The summed E-state index contributed by atoms with van der Waals surface area (Å²) < 4.78 is 38.5. The maximum atomic E-state index is 12.8. The van der Waals surface area contributed by atoms with Gasteiger partial charge in [0.2, 0.25) is 0 Å². The minimum Gasteiger partial charge on any atom is -0.334 e. The number of halogens is 3. The van der Waals surface area contributed by atoms with Gasteiger partial charge >= 0.3 is 6.18 Å². The van der Waals surface area contributed by atoms with Gasteiger partial charge in [-0.15, -0.1) is 0 Å². The lowest BCUT2D eigenvalue weighted by Crippen LogP contribution is -2.62. The van der Waals surface area contributed by atoms with Crippen molar-refractivity contribution in [1.82, 2.24) is 4.90 Å². The van der Waals surface area contributed by atoms with Crippen LogP contribution < -0.4 is 5.73 Å². The molecule has 1 aromatic rings. The molecule has 0 bridgehead atoms. The summed E-state index contributed by atoms with van der Waals surface area (Å²) in [5.74, 6) is -1.05. The highest BCUT2D eigenvalue weighted by Crippen LogP contribution is 2.37. The number of likely N-dealkylation sites (tertiary alicyclic amines) is 1. The monoisotopic (exact) mass is 292 g/mol. The van der Waals surface area contributed by atoms with E-state index >= 15 is 0 Å². The minimum atomic E-state index is -4.74.